The monoisotopic (exact) mass is 319 g/mol. The fourth-order valence-corrected chi connectivity index (χ4v) is 2.86. The summed E-state index contributed by atoms with van der Waals surface area (Å²) in [6.45, 7) is 7.09. The molecule has 0 bridgehead atoms. The van der Waals surface area contributed by atoms with Crippen LogP contribution in [-0.2, 0) is 4.74 Å². The molecule has 1 aromatic rings. The van der Waals surface area contributed by atoms with Gasteiger partial charge in [0.25, 0.3) is 0 Å². The molecule has 1 aromatic heterocycles. The predicted molar refractivity (Wildman–Crippen MR) is 85.3 cm³/mol. The van der Waals surface area contributed by atoms with Crippen molar-refractivity contribution in [3.63, 3.8) is 0 Å². The Balaban J connectivity index is 2.08. The molecule has 1 aliphatic rings. The van der Waals surface area contributed by atoms with Crippen LogP contribution in [0.1, 0.15) is 19.4 Å². The highest BCUT2D eigenvalue weighted by Gasteiger charge is 2.25. The van der Waals surface area contributed by atoms with Gasteiger partial charge in [0.15, 0.2) is 0 Å². The van der Waals surface area contributed by atoms with Gasteiger partial charge >= 0.3 is 5.69 Å². The Morgan fingerprint density at radius 1 is 1.52 bits per heavy atom. The average molecular weight is 319 g/mol. The molecule has 8 heteroatoms. The number of ether oxygens (including phenoxy) is 1. The van der Waals surface area contributed by atoms with Crippen LogP contribution in [0.15, 0.2) is 12.3 Å². The fraction of sp³-hybridized carbons (Fsp3) is 0.600. The SMILES string of the molecule is C[C@@H]1CN(CCN(C)c2nccc(C#N)c2[N+](=O)[O-])C[C@H](C)O1. The molecule has 1 fully saturated rings. The molecule has 0 spiro atoms. The normalized spacial score (nSPS) is 21.7. The smallest absolute Gasteiger partial charge is 0.329 e. The van der Waals surface area contributed by atoms with E-state index in [0.29, 0.717) is 6.54 Å². The zero-order chi connectivity index (χ0) is 17.0. The molecule has 0 aromatic carbocycles. The van der Waals surface area contributed by atoms with Gasteiger partial charge in [0.05, 0.1) is 17.1 Å². The molecule has 0 aliphatic carbocycles. The minimum atomic E-state index is -0.545. The lowest BCUT2D eigenvalue weighted by molar-refractivity contribution is -0.384. The number of nitriles is 1. The van der Waals surface area contributed by atoms with Crippen molar-refractivity contribution in [2.45, 2.75) is 26.1 Å². The number of hydrogen-bond donors (Lipinski definition) is 0. The highest BCUT2D eigenvalue weighted by molar-refractivity contribution is 5.65. The molecule has 2 atom stereocenters. The van der Waals surface area contributed by atoms with Gasteiger partial charge in [-0.3, -0.25) is 15.0 Å². The molecule has 23 heavy (non-hydrogen) atoms. The molecule has 1 saturated heterocycles. The van der Waals surface area contributed by atoms with E-state index >= 15 is 0 Å². The summed E-state index contributed by atoms with van der Waals surface area (Å²) in [6.07, 6.45) is 1.79. The van der Waals surface area contributed by atoms with Gasteiger partial charge in [0.2, 0.25) is 5.82 Å². The maximum absolute atomic E-state index is 11.3. The summed E-state index contributed by atoms with van der Waals surface area (Å²) >= 11 is 0. The van der Waals surface area contributed by atoms with Gasteiger partial charge in [0.1, 0.15) is 11.6 Å². The van der Waals surface area contributed by atoms with E-state index in [1.165, 1.54) is 12.3 Å². The van der Waals surface area contributed by atoms with E-state index in [0.717, 1.165) is 19.6 Å². The van der Waals surface area contributed by atoms with Crippen molar-refractivity contribution in [2.24, 2.45) is 0 Å². The quantitative estimate of drug-likeness (QED) is 0.598. The predicted octanol–water partition coefficient (Wildman–Crippen LogP) is 1.41. The number of aromatic nitrogens is 1. The molecule has 8 nitrogen and oxygen atoms in total. The van der Waals surface area contributed by atoms with Crippen LogP contribution in [-0.4, -0.2) is 60.2 Å². The van der Waals surface area contributed by atoms with Crippen LogP contribution in [0, 0.1) is 21.4 Å². The van der Waals surface area contributed by atoms with Gasteiger partial charge in [-0.1, -0.05) is 0 Å². The third-order valence-electron chi connectivity index (χ3n) is 3.82. The molecule has 2 rings (SSSR count). The first kappa shape index (κ1) is 17.1. The fourth-order valence-electron chi connectivity index (χ4n) is 2.86. The molecule has 0 radical (unpaired) electrons. The summed E-state index contributed by atoms with van der Waals surface area (Å²) < 4.78 is 5.70. The Labute approximate surface area is 135 Å². The lowest BCUT2D eigenvalue weighted by Gasteiger charge is -2.36. The van der Waals surface area contributed by atoms with Crippen LogP contribution in [0.3, 0.4) is 0 Å². The number of morpholine rings is 1. The van der Waals surface area contributed by atoms with Crippen molar-refractivity contribution in [1.82, 2.24) is 9.88 Å². The van der Waals surface area contributed by atoms with Crippen LogP contribution in [0.25, 0.3) is 0 Å². The largest absolute Gasteiger partial charge is 0.373 e. The van der Waals surface area contributed by atoms with Gasteiger partial charge < -0.3 is 9.64 Å². The maximum atomic E-state index is 11.3. The van der Waals surface area contributed by atoms with Crippen LogP contribution < -0.4 is 4.90 Å². The number of likely N-dealkylation sites (N-methyl/N-ethyl adjacent to an activating group) is 1. The van der Waals surface area contributed by atoms with Gasteiger partial charge in [-0.2, -0.15) is 5.26 Å². The molecule has 124 valence electrons. The zero-order valence-electron chi connectivity index (χ0n) is 13.6. The van der Waals surface area contributed by atoms with Crippen molar-refractivity contribution in [2.75, 3.05) is 38.1 Å². The van der Waals surface area contributed by atoms with E-state index in [2.05, 4.69) is 9.88 Å². The van der Waals surface area contributed by atoms with Crippen LogP contribution >= 0.6 is 0 Å². The van der Waals surface area contributed by atoms with Crippen molar-refractivity contribution >= 4 is 11.5 Å². The summed E-state index contributed by atoms with van der Waals surface area (Å²) in [5, 5.41) is 20.3. The number of hydrogen-bond acceptors (Lipinski definition) is 7. The first-order chi connectivity index (χ1) is 10.9. The second-order valence-corrected chi connectivity index (χ2v) is 5.84. The summed E-state index contributed by atoms with van der Waals surface area (Å²) in [5.41, 5.74) is -0.207. The lowest BCUT2D eigenvalue weighted by atomic mass is 10.2. The zero-order valence-corrected chi connectivity index (χ0v) is 13.6. The number of pyridine rings is 1. The van der Waals surface area contributed by atoms with E-state index in [4.69, 9.17) is 10.00 Å². The van der Waals surface area contributed by atoms with E-state index in [1.807, 2.05) is 19.9 Å². The van der Waals surface area contributed by atoms with E-state index in [-0.39, 0.29) is 29.3 Å². The van der Waals surface area contributed by atoms with E-state index < -0.39 is 4.92 Å². The highest BCUT2D eigenvalue weighted by atomic mass is 16.6. The van der Waals surface area contributed by atoms with Crippen molar-refractivity contribution in [1.29, 1.82) is 5.26 Å². The molecule has 0 N–H and O–H groups in total. The Bertz CT molecular complexity index is 606. The van der Waals surface area contributed by atoms with Crippen LogP contribution in [0.5, 0.6) is 0 Å². The minimum Gasteiger partial charge on any atom is -0.373 e. The summed E-state index contributed by atoms with van der Waals surface area (Å²) in [7, 11) is 1.75. The Morgan fingerprint density at radius 2 is 2.17 bits per heavy atom. The summed E-state index contributed by atoms with van der Waals surface area (Å²) in [6, 6.07) is 3.22. The second-order valence-electron chi connectivity index (χ2n) is 5.84. The lowest BCUT2D eigenvalue weighted by Crippen LogP contribution is -2.47. The van der Waals surface area contributed by atoms with Gasteiger partial charge in [-0.25, -0.2) is 4.98 Å². The number of nitrogens with zero attached hydrogens (tertiary/aromatic N) is 5. The first-order valence-electron chi connectivity index (χ1n) is 7.54. The molecule has 1 aliphatic heterocycles. The molecule has 0 saturated carbocycles. The van der Waals surface area contributed by atoms with Gasteiger partial charge in [-0.05, 0) is 19.9 Å². The molecule has 0 amide bonds. The second kappa shape index (κ2) is 7.35. The maximum Gasteiger partial charge on any atom is 0.329 e. The third kappa shape index (κ3) is 4.15. The summed E-state index contributed by atoms with van der Waals surface area (Å²) in [5.74, 6) is 0.225. The van der Waals surface area contributed by atoms with Crippen molar-refractivity contribution < 1.29 is 9.66 Å². The van der Waals surface area contributed by atoms with Crippen molar-refractivity contribution in [3.8, 4) is 6.07 Å². The molecule has 0 unspecified atom stereocenters. The Morgan fingerprint density at radius 3 is 2.74 bits per heavy atom. The highest BCUT2D eigenvalue weighted by Crippen LogP contribution is 2.28. The summed E-state index contributed by atoms with van der Waals surface area (Å²) in [4.78, 5) is 18.8. The standard InChI is InChI=1S/C15H21N5O3/c1-11-9-19(10-12(2)23-11)7-6-18(3)15-14(20(21)22)13(8-16)4-5-17-15/h4-5,11-12H,6-7,9-10H2,1-3H3/t11-,12+. The molecule has 2 heterocycles. The topological polar surface area (TPSA) is 95.5 Å². The average Bonchev–Trinajstić information content (AvgIpc) is 2.50. The number of rotatable bonds is 5. The first-order valence-corrected chi connectivity index (χ1v) is 7.54. The number of anilines is 1. The Hall–Kier alpha value is -2.24. The van der Waals surface area contributed by atoms with E-state index in [9.17, 15) is 10.1 Å². The molecular weight excluding hydrogens is 298 g/mol. The van der Waals surface area contributed by atoms with Crippen LogP contribution in [0.4, 0.5) is 11.5 Å². The third-order valence-corrected chi connectivity index (χ3v) is 3.82. The van der Waals surface area contributed by atoms with Crippen molar-refractivity contribution in [3.05, 3.63) is 27.9 Å². The van der Waals surface area contributed by atoms with Gasteiger partial charge in [0, 0.05) is 39.4 Å². The Kier molecular flexibility index (Phi) is 5.47. The van der Waals surface area contributed by atoms with E-state index in [1.54, 1.807) is 11.9 Å². The van der Waals surface area contributed by atoms with Gasteiger partial charge in [-0.15, -0.1) is 0 Å². The number of nitro groups is 1. The van der Waals surface area contributed by atoms with Crippen LogP contribution in [0.2, 0.25) is 0 Å². The minimum absolute atomic E-state index is 0.0282. The molecular formula is C15H21N5O3.